The van der Waals surface area contributed by atoms with Crippen LogP contribution < -0.4 is 14.8 Å². The number of sulfonamides is 1. The summed E-state index contributed by atoms with van der Waals surface area (Å²) in [5.41, 5.74) is 1.11. The third-order valence-corrected chi connectivity index (χ3v) is 7.39. The number of amides is 1. The lowest BCUT2D eigenvalue weighted by molar-refractivity contribution is -0.120. The smallest absolute Gasteiger partial charge is 0.243 e. The van der Waals surface area contributed by atoms with Crippen molar-refractivity contribution in [1.29, 1.82) is 0 Å². The lowest BCUT2D eigenvalue weighted by atomic mass is 9.98. The molecule has 3 aromatic rings. The second-order valence-corrected chi connectivity index (χ2v) is 9.44. The van der Waals surface area contributed by atoms with E-state index in [2.05, 4.69) is 20.8 Å². The van der Waals surface area contributed by atoms with E-state index in [1.807, 2.05) is 0 Å². The third-order valence-electron chi connectivity index (χ3n) is 5.51. The van der Waals surface area contributed by atoms with Crippen molar-refractivity contribution in [2.45, 2.75) is 17.7 Å². The van der Waals surface area contributed by atoms with Crippen LogP contribution >= 0.6 is 0 Å². The molecule has 1 atom stereocenters. The molecule has 1 amide bonds. The Bertz CT molecular complexity index is 1210. The van der Waals surface area contributed by atoms with Gasteiger partial charge < -0.3 is 14.8 Å². The number of piperidine rings is 1. The molecule has 1 saturated heterocycles. The van der Waals surface area contributed by atoms with Crippen molar-refractivity contribution in [3.05, 3.63) is 48.8 Å². The molecule has 0 spiro atoms. The van der Waals surface area contributed by atoms with Crippen LogP contribution in [-0.2, 0) is 14.8 Å². The zero-order chi connectivity index (χ0) is 23.4. The molecule has 33 heavy (non-hydrogen) atoms. The van der Waals surface area contributed by atoms with Crippen molar-refractivity contribution < 1.29 is 22.7 Å². The molecule has 0 saturated carbocycles. The van der Waals surface area contributed by atoms with Crippen LogP contribution in [0.1, 0.15) is 12.8 Å². The summed E-state index contributed by atoms with van der Waals surface area (Å²) < 4.78 is 39.7. The average Bonchev–Trinajstić information content (AvgIpc) is 3.39. The number of benzene rings is 2. The molecular weight excluding hydrogens is 448 g/mol. The van der Waals surface area contributed by atoms with Crippen LogP contribution in [0.15, 0.2) is 53.7 Å². The molecule has 11 nitrogen and oxygen atoms in total. The molecule has 1 aromatic heterocycles. The predicted molar refractivity (Wildman–Crippen MR) is 119 cm³/mol. The van der Waals surface area contributed by atoms with Gasteiger partial charge in [0.15, 0.2) is 0 Å². The SMILES string of the molecule is COc1ccc(OC)c(NC(=O)[C@@H]2CCCN(S(=O)(=O)c3ccc(-n4cnnn4)cc3)C2)c1. The topological polar surface area (TPSA) is 129 Å². The van der Waals surface area contributed by atoms with Gasteiger partial charge in [0, 0.05) is 19.2 Å². The van der Waals surface area contributed by atoms with Crippen molar-refractivity contribution in [3.63, 3.8) is 0 Å². The molecule has 1 aliphatic heterocycles. The minimum Gasteiger partial charge on any atom is -0.497 e. The van der Waals surface area contributed by atoms with Gasteiger partial charge in [-0.15, -0.1) is 5.10 Å². The van der Waals surface area contributed by atoms with E-state index >= 15 is 0 Å². The highest BCUT2D eigenvalue weighted by molar-refractivity contribution is 7.89. The van der Waals surface area contributed by atoms with Crippen LogP contribution in [0.4, 0.5) is 5.69 Å². The minimum atomic E-state index is -3.76. The molecule has 2 aromatic carbocycles. The van der Waals surface area contributed by atoms with Crippen LogP contribution in [0.2, 0.25) is 0 Å². The number of tetrazole rings is 1. The van der Waals surface area contributed by atoms with Crippen LogP contribution in [-0.4, -0.2) is 66.1 Å². The normalized spacial score (nSPS) is 16.8. The Labute approximate surface area is 191 Å². The van der Waals surface area contributed by atoms with Gasteiger partial charge in [-0.25, -0.2) is 13.1 Å². The summed E-state index contributed by atoms with van der Waals surface area (Å²) in [5.74, 6) is 0.302. The second-order valence-electron chi connectivity index (χ2n) is 7.51. The number of aromatic nitrogens is 4. The minimum absolute atomic E-state index is 0.0925. The Morgan fingerprint density at radius 3 is 2.58 bits per heavy atom. The molecule has 4 rings (SSSR count). The number of nitrogens with zero attached hydrogens (tertiary/aromatic N) is 5. The molecule has 1 aliphatic rings. The number of carbonyl (C=O) groups is 1. The fourth-order valence-electron chi connectivity index (χ4n) is 3.72. The van der Waals surface area contributed by atoms with Crippen LogP contribution in [0.5, 0.6) is 11.5 Å². The Morgan fingerprint density at radius 1 is 1.12 bits per heavy atom. The van der Waals surface area contributed by atoms with Gasteiger partial charge in [0.05, 0.1) is 36.4 Å². The zero-order valence-electron chi connectivity index (χ0n) is 18.2. The standard InChI is InChI=1S/C21H24N6O5S/c1-31-17-7-10-20(32-2)19(12-17)23-21(28)15-4-3-11-26(13-15)33(29,30)18-8-5-16(6-9-18)27-14-22-24-25-27/h5-10,12,14-15H,3-4,11,13H2,1-2H3,(H,23,28)/t15-/m1/s1. The molecule has 2 heterocycles. The first-order valence-electron chi connectivity index (χ1n) is 10.3. The highest BCUT2D eigenvalue weighted by Gasteiger charge is 2.33. The van der Waals surface area contributed by atoms with E-state index in [1.54, 1.807) is 30.3 Å². The molecule has 0 bridgehead atoms. The van der Waals surface area contributed by atoms with Gasteiger partial charge >= 0.3 is 0 Å². The number of hydrogen-bond acceptors (Lipinski definition) is 8. The fourth-order valence-corrected chi connectivity index (χ4v) is 5.24. The van der Waals surface area contributed by atoms with Crippen molar-refractivity contribution in [2.75, 3.05) is 32.6 Å². The molecule has 12 heteroatoms. The van der Waals surface area contributed by atoms with Crippen molar-refractivity contribution in [1.82, 2.24) is 24.5 Å². The van der Waals surface area contributed by atoms with Gasteiger partial charge in [0.25, 0.3) is 0 Å². The first kappa shape index (κ1) is 22.7. The number of hydrogen-bond donors (Lipinski definition) is 1. The third kappa shape index (κ3) is 4.81. The average molecular weight is 473 g/mol. The van der Waals surface area contributed by atoms with E-state index in [0.717, 1.165) is 0 Å². The molecule has 0 radical (unpaired) electrons. The summed E-state index contributed by atoms with van der Waals surface area (Å²) in [5, 5.41) is 13.8. The van der Waals surface area contributed by atoms with Crippen molar-refractivity contribution in [3.8, 4) is 17.2 Å². The summed E-state index contributed by atoms with van der Waals surface area (Å²) >= 11 is 0. The summed E-state index contributed by atoms with van der Waals surface area (Å²) in [4.78, 5) is 13.1. The quantitative estimate of drug-likeness (QED) is 0.550. The van der Waals surface area contributed by atoms with Crippen molar-refractivity contribution >= 4 is 21.6 Å². The van der Waals surface area contributed by atoms with E-state index in [-0.39, 0.29) is 17.3 Å². The Kier molecular flexibility index (Phi) is 6.56. The van der Waals surface area contributed by atoms with Gasteiger partial charge in [-0.05, 0) is 59.7 Å². The second kappa shape index (κ2) is 9.55. The molecule has 174 valence electrons. The summed E-state index contributed by atoms with van der Waals surface area (Å²) in [6.45, 7) is 0.443. The van der Waals surface area contributed by atoms with Gasteiger partial charge in [-0.3, -0.25) is 4.79 Å². The Balaban J connectivity index is 1.48. The van der Waals surface area contributed by atoms with E-state index in [4.69, 9.17) is 9.47 Å². The predicted octanol–water partition coefficient (Wildman–Crippen LogP) is 1.72. The van der Waals surface area contributed by atoms with E-state index in [9.17, 15) is 13.2 Å². The molecule has 0 aliphatic carbocycles. The number of anilines is 1. The van der Waals surface area contributed by atoms with E-state index in [0.29, 0.717) is 42.3 Å². The molecule has 1 N–H and O–H groups in total. The van der Waals surface area contributed by atoms with Crippen molar-refractivity contribution in [2.24, 2.45) is 5.92 Å². The molecule has 1 fully saturated rings. The zero-order valence-corrected chi connectivity index (χ0v) is 19.0. The fraction of sp³-hybridized carbons (Fsp3) is 0.333. The van der Waals surface area contributed by atoms with Gasteiger partial charge in [-0.2, -0.15) is 4.31 Å². The first-order valence-corrected chi connectivity index (χ1v) is 11.7. The highest BCUT2D eigenvalue weighted by Crippen LogP contribution is 2.31. The number of ether oxygens (including phenoxy) is 2. The lowest BCUT2D eigenvalue weighted by Crippen LogP contribution is -2.43. The maximum atomic E-state index is 13.2. The monoisotopic (exact) mass is 472 g/mol. The number of carbonyl (C=O) groups excluding carboxylic acids is 1. The summed E-state index contributed by atoms with van der Waals surface area (Å²) in [6.07, 6.45) is 2.59. The van der Waals surface area contributed by atoms with Crippen LogP contribution in [0.25, 0.3) is 5.69 Å². The summed E-state index contributed by atoms with van der Waals surface area (Å²) in [6, 6.07) is 11.4. The van der Waals surface area contributed by atoms with Gasteiger partial charge in [0.1, 0.15) is 17.8 Å². The largest absolute Gasteiger partial charge is 0.497 e. The van der Waals surface area contributed by atoms with E-state index in [1.165, 1.54) is 41.7 Å². The Hall–Kier alpha value is -3.51. The number of rotatable bonds is 7. The number of methoxy groups -OCH3 is 2. The van der Waals surface area contributed by atoms with Crippen LogP contribution in [0.3, 0.4) is 0 Å². The van der Waals surface area contributed by atoms with Crippen LogP contribution in [0, 0.1) is 5.92 Å². The van der Waals surface area contributed by atoms with E-state index < -0.39 is 15.9 Å². The molecule has 0 unspecified atom stereocenters. The van der Waals surface area contributed by atoms with Gasteiger partial charge in [0.2, 0.25) is 15.9 Å². The Morgan fingerprint density at radius 2 is 1.91 bits per heavy atom. The summed E-state index contributed by atoms with van der Waals surface area (Å²) in [7, 11) is -0.717. The molecular formula is C21H24N6O5S. The van der Waals surface area contributed by atoms with Gasteiger partial charge in [-0.1, -0.05) is 0 Å². The maximum Gasteiger partial charge on any atom is 0.243 e. The lowest BCUT2D eigenvalue weighted by Gasteiger charge is -2.31. The number of nitrogens with one attached hydrogen (secondary N) is 1. The highest BCUT2D eigenvalue weighted by atomic mass is 32.2. The first-order chi connectivity index (χ1) is 15.9. The maximum absolute atomic E-state index is 13.2.